The smallest absolute Gasteiger partial charge is 0.152 e. The molecular formula is C7H16O5. The highest BCUT2D eigenvalue weighted by molar-refractivity contribution is 4.68. The molecule has 0 aromatic heterocycles. The van der Waals surface area contributed by atoms with E-state index in [0.717, 1.165) is 0 Å². The van der Waals surface area contributed by atoms with E-state index < -0.39 is 18.5 Å². The van der Waals surface area contributed by atoms with Gasteiger partial charge in [-0.15, -0.1) is 0 Å². The quantitative estimate of drug-likeness (QED) is 0.443. The molecule has 0 bridgehead atoms. The average molecular weight is 180 g/mol. The van der Waals surface area contributed by atoms with Crippen molar-refractivity contribution in [2.24, 2.45) is 0 Å². The minimum absolute atomic E-state index is 0.256. The van der Waals surface area contributed by atoms with Crippen LogP contribution in [0.3, 0.4) is 0 Å². The molecule has 0 saturated heterocycles. The molecule has 0 aromatic carbocycles. The molecule has 0 aliphatic rings. The Balaban J connectivity index is 3.92. The molecule has 5 heteroatoms. The van der Waals surface area contributed by atoms with E-state index >= 15 is 0 Å². The Bertz CT molecular complexity index is 102. The third-order valence-corrected chi connectivity index (χ3v) is 1.45. The molecular weight excluding hydrogens is 164 g/mol. The fourth-order valence-electron chi connectivity index (χ4n) is 0.845. The summed E-state index contributed by atoms with van der Waals surface area (Å²) in [6.45, 7) is 0.866. The van der Waals surface area contributed by atoms with Gasteiger partial charge in [-0.2, -0.15) is 0 Å². The molecule has 0 heterocycles. The topological polar surface area (TPSA) is 79.2 Å². The van der Waals surface area contributed by atoms with Crippen LogP contribution in [0.25, 0.3) is 0 Å². The summed E-state index contributed by atoms with van der Waals surface area (Å²) in [6.07, 6.45) is -2.28. The molecule has 0 rings (SSSR count). The zero-order valence-electron chi connectivity index (χ0n) is 7.30. The first-order chi connectivity index (χ1) is 5.65. The van der Waals surface area contributed by atoms with Gasteiger partial charge in [-0.05, 0) is 6.92 Å². The molecule has 5 nitrogen and oxygen atoms in total. The standard InChI is InChI=1S/C7H16O5/c1-5(10)12-7(4-9)6(3-8)11-2/h5-10H,3-4H2,1-2H3/t5-,6+,7?/m1/s1. The van der Waals surface area contributed by atoms with Gasteiger partial charge in [-0.1, -0.05) is 0 Å². The summed E-state index contributed by atoms with van der Waals surface area (Å²) in [6, 6.07) is 0. The molecule has 3 atom stereocenters. The van der Waals surface area contributed by atoms with Crippen LogP contribution < -0.4 is 0 Å². The summed E-state index contributed by atoms with van der Waals surface area (Å²) < 4.78 is 9.67. The zero-order chi connectivity index (χ0) is 9.56. The van der Waals surface area contributed by atoms with Crippen LogP contribution in [0, 0.1) is 0 Å². The summed E-state index contributed by atoms with van der Waals surface area (Å²) in [7, 11) is 1.40. The monoisotopic (exact) mass is 180 g/mol. The highest BCUT2D eigenvalue weighted by Gasteiger charge is 2.21. The lowest BCUT2D eigenvalue weighted by Gasteiger charge is -2.23. The molecule has 0 saturated carbocycles. The number of hydrogen-bond donors (Lipinski definition) is 3. The lowest BCUT2D eigenvalue weighted by atomic mass is 10.2. The maximum atomic E-state index is 8.82. The molecule has 0 fully saturated rings. The second-order valence-electron chi connectivity index (χ2n) is 2.41. The summed E-state index contributed by atoms with van der Waals surface area (Å²) in [4.78, 5) is 0. The van der Waals surface area contributed by atoms with Gasteiger partial charge in [0.2, 0.25) is 0 Å². The van der Waals surface area contributed by atoms with E-state index in [9.17, 15) is 0 Å². The van der Waals surface area contributed by atoms with Crippen LogP contribution in [-0.2, 0) is 9.47 Å². The van der Waals surface area contributed by atoms with Gasteiger partial charge in [0, 0.05) is 7.11 Å². The fraction of sp³-hybridized carbons (Fsp3) is 1.00. The van der Waals surface area contributed by atoms with Gasteiger partial charge in [0.15, 0.2) is 6.29 Å². The number of hydrogen-bond acceptors (Lipinski definition) is 5. The van der Waals surface area contributed by atoms with Crippen LogP contribution in [0.15, 0.2) is 0 Å². The van der Waals surface area contributed by atoms with Gasteiger partial charge in [0.25, 0.3) is 0 Å². The van der Waals surface area contributed by atoms with Crippen LogP contribution >= 0.6 is 0 Å². The summed E-state index contributed by atoms with van der Waals surface area (Å²) in [5.41, 5.74) is 0. The van der Waals surface area contributed by atoms with Crippen molar-refractivity contribution in [3.63, 3.8) is 0 Å². The van der Waals surface area contributed by atoms with Crippen molar-refractivity contribution in [3.05, 3.63) is 0 Å². The Morgan fingerprint density at radius 3 is 1.92 bits per heavy atom. The molecule has 12 heavy (non-hydrogen) atoms. The van der Waals surface area contributed by atoms with E-state index in [1.165, 1.54) is 14.0 Å². The molecule has 3 N–H and O–H groups in total. The molecule has 0 aliphatic heterocycles. The van der Waals surface area contributed by atoms with Crippen molar-refractivity contribution in [1.82, 2.24) is 0 Å². The SMILES string of the molecule is CO[C@@H](CO)C(CO)O[C@H](C)O. The molecule has 0 aromatic rings. The van der Waals surface area contributed by atoms with Crippen molar-refractivity contribution in [2.45, 2.75) is 25.4 Å². The Hall–Kier alpha value is -0.200. The molecule has 1 unspecified atom stereocenters. The Morgan fingerprint density at radius 2 is 1.67 bits per heavy atom. The van der Waals surface area contributed by atoms with Gasteiger partial charge >= 0.3 is 0 Å². The fourth-order valence-corrected chi connectivity index (χ4v) is 0.845. The minimum Gasteiger partial charge on any atom is -0.394 e. The number of aliphatic hydroxyl groups is 3. The largest absolute Gasteiger partial charge is 0.394 e. The second kappa shape index (κ2) is 6.33. The number of rotatable bonds is 6. The van der Waals surface area contributed by atoms with Crippen molar-refractivity contribution in [2.75, 3.05) is 20.3 Å². The molecule has 0 spiro atoms. The summed E-state index contributed by atoms with van der Waals surface area (Å²) >= 11 is 0. The van der Waals surface area contributed by atoms with Crippen LogP contribution in [-0.4, -0.2) is 54.1 Å². The summed E-state index contributed by atoms with van der Waals surface area (Å²) in [5, 5.41) is 26.3. The van der Waals surface area contributed by atoms with Crippen molar-refractivity contribution in [3.8, 4) is 0 Å². The minimum atomic E-state index is -0.980. The van der Waals surface area contributed by atoms with E-state index in [2.05, 4.69) is 0 Å². The van der Waals surface area contributed by atoms with Gasteiger partial charge < -0.3 is 24.8 Å². The van der Waals surface area contributed by atoms with Gasteiger partial charge in [0.1, 0.15) is 12.2 Å². The van der Waals surface area contributed by atoms with Gasteiger partial charge in [-0.3, -0.25) is 0 Å². The third kappa shape index (κ3) is 3.99. The van der Waals surface area contributed by atoms with Crippen LogP contribution in [0.4, 0.5) is 0 Å². The van der Waals surface area contributed by atoms with E-state index in [1.807, 2.05) is 0 Å². The predicted octanol–water partition coefficient (Wildman–Crippen LogP) is -1.29. The third-order valence-electron chi connectivity index (χ3n) is 1.45. The van der Waals surface area contributed by atoms with Crippen molar-refractivity contribution >= 4 is 0 Å². The number of methoxy groups -OCH3 is 1. The first-order valence-corrected chi connectivity index (χ1v) is 3.73. The molecule has 0 radical (unpaired) electrons. The van der Waals surface area contributed by atoms with Gasteiger partial charge in [0.05, 0.1) is 13.2 Å². The molecule has 0 aliphatic carbocycles. The summed E-state index contributed by atoms with van der Waals surface area (Å²) in [5.74, 6) is 0. The molecule has 0 amide bonds. The lowest BCUT2D eigenvalue weighted by molar-refractivity contribution is -0.178. The number of aliphatic hydroxyl groups excluding tert-OH is 3. The van der Waals surface area contributed by atoms with Gasteiger partial charge in [-0.25, -0.2) is 0 Å². The van der Waals surface area contributed by atoms with Crippen molar-refractivity contribution in [1.29, 1.82) is 0 Å². The number of ether oxygens (including phenoxy) is 2. The Morgan fingerprint density at radius 1 is 1.17 bits per heavy atom. The van der Waals surface area contributed by atoms with E-state index in [-0.39, 0.29) is 13.2 Å². The van der Waals surface area contributed by atoms with Crippen molar-refractivity contribution < 1.29 is 24.8 Å². The highest BCUT2D eigenvalue weighted by atomic mass is 16.6. The lowest BCUT2D eigenvalue weighted by Crippen LogP contribution is -2.38. The first-order valence-electron chi connectivity index (χ1n) is 3.73. The Labute approximate surface area is 71.5 Å². The van der Waals surface area contributed by atoms with E-state index in [1.54, 1.807) is 0 Å². The van der Waals surface area contributed by atoms with Crippen LogP contribution in [0.2, 0.25) is 0 Å². The van der Waals surface area contributed by atoms with E-state index in [0.29, 0.717) is 0 Å². The van der Waals surface area contributed by atoms with Crippen LogP contribution in [0.5, 0.6) is 0 Å². The highest BCUT2D eigenvalue weighted by Crippen LogP contribution is 2.04. The molecule has 74 valence electrons. The predicted molar refractivity (Wildman–Crippen MR) is 41.5 cm³/mol. The van der Waals surface area contributed by atoms with E-state index in [4.69, 9.17) is 24.8 Å². The normalized spacial score (nSPS) is 18.8. The maximum Gasteiger partial charge on any atom is 0.152 e. The van der Waals surface area contributed by atoms with Crippen LogP contribution in [0.1, 0.15) is 6.92 Å². The first kappa shape index (κ1) is 11.8. The maximum absolute atomic E-state index is 8.82. The average Bonchev–Trinajstić information content (AvgIpc) is 2.04. The second-order valence-corrected chi connectivity index (χ2v) is 2.41. The Kier molecular flexibility index (Phi) is 6.23. The zero-order valence-corrected chi connectivity index (χ0v) is 7.30.